The van der Waals surface area contributed by atoms with E-state index in [0.29, 0.717) is 0 Å². The number of hydrogen-bond acceptors (Lipinski definition) is 3. The van der Waals surface area contributed by atoms with Crippen LogP contribution in [0.3, 0.4) is 0 Å². The van der Waals surface area contributed by atoms with Crippen LogP contribution in [-0.2, 0) is 9.59 Å². The van der Waals surface area contributed by atoms with Crippen LogP contribution in [0.1, 0.15) is 25.7 Å². The second-order valence-electron chi connectivity index (χ2n) is 4.45. The number of amides is 2. The van der Waals surface area contributed by atoms with Gasteiger partial charge in [0.25, 0.3) is 0 Å². The Hall–Kier alpha value is -1.10. The molecule has 2 rings (SSSR count). The molecule has 0 saturated carbocycles. The second-order valence-corrected chi connectivity index (χ2v) is 4.45. The molecular weight excluding hydrogens is 206 g/mol. The fourth-order valence-electron chi connectivity index (χ4n) is 2.27. The van der Waals surface area contributed by atoms with Crippen LogP contribution in [-0.4, -0.2) is 48.9 Å². The van der Waals surface area contributed by atoms with Crippen LogP contribution in [0.4, 0.5) is 0 Å². The van der Waals surface area contributed by atoms with Crippen molar-refractivity contribution in [1.82, 2.24) is 15.5 Å². The molecule has 2 heterocycles. The zero-order valence-corrected chi connectivity index (χ0v) is 9.50. The molecule has 0 radical (unpaired) electrons. The molecule has 0 spiro atoms. The molecule has 0 bridgehead atoms. The van der Waals surface area contributed by atoms with Gasteiger partial charge in [-0.2, -0.15) is 0 Å². The second kappa shape index (κ2) is 5.30. The molecule has 2 amide bonds. The summed E-state index contributed by atoms with van der Waals surface area (Å²) in [7, 11) is 0. The van der Waals surface area contributed by atoms with E-state index in [1.54, 1.807) is 0 Å². The number of likely N-dealkylation sites (tertiary alicyclic amines) is 1. The summed E-state index contributed by atoms with van der Waals surface area (Å²) in [4.78, 5) is 25.1. The Morgan fingerprint density at radius 3 is 2.62 bits per heavy atom. The van der Waals surface area contributed by atoms with Crippen molar-refractivity contribution in [2.45, 2.75) is 31.7 Å². The molecule has 0 aromatic heterocycles. The number of nitrogens with one attached hydrogen (secondary N) is 2. The van der Waals surface area contributed by atoms with E-state index in [2.05, 4.69) is 10.6 Å². The average molecular weight is 225 g/mol. The minimum Gasteiger partial charge on any atom is -0.346 e. The minimum absolute atomic E-state index is 0.0370. The molecule has 2 N–H and O–H groups in total. The highest BCUT2D eigenvalue weighted by Gasteiger charge is 2.23. The first kappa shape index (κ1) is 11.4. The lowest BCUT2D eigenvalue weighted by Gasteiger charge is -2.16. The smallest absolute Gasteiger partial charge is 0.241 e. The molecule has 2 fully saturated rings. The largest absolute Gasteiger partial charge is 0.346 e. The predicted molar refractivity (Wildman–Crippen MR) is 59.8 cm³/mol. The summed E-state index contributed by atoms with van der Waals surface area (Å²) in [6.07, 6.45) is 4.09. The van der Waals surface area contributed by atoms with E-state index in [1.165, 1.54) is 0 Å². The topological polar surface area (TPSA) is 61.4 Å². The quantitative estimate of drug-likeness (QED) is 0.679. The van der Waals surface area contributed by atoms with Gasteiger partial charge in [0.2, 0.25) is 11.8 Å². The summed E-state index contributed by atoms with van der Waals surface area (Å²) in [5.74, 6) is 0.00824. The van der Waals surface area contributed by atoms with Crippen molar-refractivity contribution in [3.63, 3.8) is 0 Å². The zero-order chi connectivity index (χ0) is 11.4. The van der Waals surface area contributed by atoms with Crippen molar-refractivity contribution in [1.29, 1.82) is 0 Å². The fourth-order valence-corrected chi connectivity index (χ4v) is 2.27. The van der Waals surface area contributed by atoms with Crippen molar-refractivity contribution in [3.05, 3.63) is 0 Å². The van der Waals surface area contributed by atoms with Gasteiger partial charge in [-0.15, -0.1) is 0 Å². The Bertz CT molecular complexity index is 240. The highest BCUT2D eigenvalue weighted by Crippen LogP contribution is 2.07. The van der Waals surface area contributed by atoms with E-state index in [1.807, 2.05) is 4.90 Å². The van der Waals surface area contributed by atoms with Crippen molar-refractivity contribution >= 4 is 11.8 Å². The first-order chi connectivity index (χ1) is 7.77. The molecule has 0 aliphatic carbocycles. The van der Waals surface area contributed by atoms with Gasteiger partial charge in [0, 0.05) is 13.1 Å². The Morgan fingerprint density at radius 1 is 1.25 bits per heavy atom. The summed E-state index contributed by atoms with van der Waals surface area (Å²) in [6.45, 7) is 2.74. The van der Waals surface area contributed by atoms with Gasteiger partial charge in [-0.1, -0.05) is 0 Å². The lowest BCUT2D eigenvalue weighted by molar-refractivity contribution is -0.132. The molecule has 5 nitrogen and oxygen atoms in total. The highest BCUT2D eigenvalue weighted by atomic mass is 16.2. The van der Waals surface area contributed by atoms with E-state index in [4.69, 9.17) is 0 Å². The Morgan fingerprint density at radius 2 is 2.00 bits per heavy atom. The molecular formula is C11H19N3O2. The number of carbonyl (C=O) groups excluding carboxylic acids is 2. The normalized spacial score (nSPS) is 24.8. The summed E-state index contributed by atoms with van der Waals surface area (Å²) < 4.78 is 0. The number of hydrogen-bond donors (Lipinski definition) is 2. The molecule has 2 aliphatic rings. The van der Waals surface area contributed by atoms with Gasteiger partial charge in [0.15, 0.2) is 0 Å². The van der Waals surface area contributed by atoms with Crippen LogP contribution < -0.4 is 10.6 Å². The summed E-state index contributed by atoms with van der Waals surface area (Å²) in [5.41, 5.74) is 0. The van der Waals surface area contributed by atoms with Crippen molar-refractivity contribution < 1.29 is 9.59 Å². The lowest BCUT2D eigenvalue weighted by Crippen LogP contribution is -2.45. The van der Waals surface area contributed by atoms with E-state index in [-0.39, 0.29) is 24.4 Å². The fraction of sp³-hybridized carbons (Fsp3) is 0.818. The maximum absolute atomic E-state index is 11.7. The Balaban J connectivity index is 1.69. The molecule has 0 unspecified atom stereocenters. The molecule has 2 aliphatic heterocycles. The summed E-state index contributed by atoms with van der Waals surface area (Å²) in [5, 5.41) is 5.82. The van der Waals surface area contributed by atoms with Crippen LogP contribution in [0.15, 0.2) is 0 Å². The Labute approximate surface area is 95.6 Å². The number of rotatable bonds is 3. The van der Waals surface area contributed by atoms with Gasteiger partial charge in [-0.05, 0) is 32.2 Å². The third kappa shape index (κ3) is 2.72. The average Bonchev–Trinajstić information content (AvgIpc) is 2.95. The molecule has 90 valence electrons. The third-order valence-corrected chi connectivity index (χ3v) is 3.25. The minimum atomic E-state index is -0.0913. The van der Waals surface area contributed by atoms with Gasteiger partial charge in [0.1, 0.15) is 0 Å². The van der Waals surface area contributed by atoms with E-state index < -0.39 is 0 Å². The van der Waals surface area contributed by atoms with Crippen molar-refractivity contribution in [3.8, 4) is 0 Å². The molecule has 0 aromatic carbocycles. The van der Waals surface area contributed by atoms with E-state index in [0.717, 1.165) is 45.3 Å². The maximum Gasteiger partial charge on any atom is 0.241 e. The SMILES string of the molecule is O=C(NCC(=O)N1CCCC1)[C@H]1CCCN1. The molecule has 5 heteroatoms. The third-order valence-electron chi connectivity index (χ3n) is 3.25. The predicted octanol–water partition coefficient (Wildman–Crippen LogP) is -0.523. The van der Waals surface area contributed by atoms with Crippen LogP contribution in [0.5, 0.6) is 0 Å². The van der Waals surface area contributed by atoms with Crippen molar-refractivity contribution in [2.75, 3.05) is 26.2 Å². The summed E-state index contributed by atoms with van der Waals surface area (Å²) in [6, 6.07) is -0.0913. The van der Waals surface area contributed by atoms with E-state index >= 15 is 0 Å². The lowest BCUT2D eigenvalue weighted by atomic mass is 10.2. The highest BCUT2D eigenvalue weighted by molar-refractivity contribution is 5.87. The summed E-state index contributed by atoms with van der Waals surface area (Å²) >= 11 is 0. The van der Waals surface area contributed by atoms with Crippen LogP contribution in [0.2, 0.25) is 0 Å². The standard InChI is InChI=1S/C11H19N3O2/c15-10(14-6-1-2-7-14)8-13-11(16)9-4-3-5-12-9/h9,12H,1-8H2,(H,13,16)/t9-/m1/s1. The monoisotopic (exact) mass is 225 g/mol. The molecule has 0 aromatic rings. The van der Waals surface area contributed by atoms with Crippen LogP contribution in [0, 0.1) is 0 Å². The van der Waals surface area contributed by atoms with E-state index in [9.17, 15) is 9.59 Å². The zero-order valence-electron chi connectivity index (χ0n) is 9.50. The first-order valence-corrected chi connectivity index (χ1v) is 6.06. The van der Waals surface area contributed by atoms with Gasteiger partial charge >= 0.3 is 0 Å². The maximum atomic E-state index is 11.7. The van der Waals surface area contributed by atoms with Crippen LogP contribution in [0.25, 0.3) is 0 Å². The molecule has 2 saturated heterocycles. The number of carbonyl (C=O) groups is 2. The van der Waals surface area contributed by atoms with Gasteiger partial charge in [-0.25, -0.2) is 0 Å². The van der Waals surface area contributed by atoms with Gasteiger partial charge in [-0.3, -0.25) is 9.59 Å². The van der Waals surface area contributed by atoms with Crippen molar-refractivity contribution in [2.24, 2.45) is 0 Å². The molecule has 1 atom stereocenters. The van der Waals surface area contributed by atoms with Gasteiger partial charge in [0.05, 0.1) is 12.6 Å². The molecule has 16 heavy (non-hydrogen) atoms. The number of nitrogens with zero attached hydrogens (tertiary/aromatic N) is 1. The first-order valence-electron chi connectivity index (χ1n) is 6.06. The van der Waals surface area contributed by atoms with Crippen LogP contribution >= 0.6 is 0 Å². The van der Waals surface area contributed by atoms with Gasteiger partial charge < -0.3 is 15.5 Å². The Kier molecular flexibility index (Phi) is 3.77.